The smallest absolute Gasteiger partial charge is 0.0991 e. The van der Waals surface area contributed by atoms with Crippen molar-refractivity contribution in [3.8, 4) is 11.4 Å². The van der Waals surface area contributed by atoms with Gasteiger partial charge in [-0.25, -0.2) is 4.98 Å². The van der Waals surface area contributed by atoms with Gasteiger partial charge in [0, 0.05) is 34.5 Å². The summed E-state index contributed by atoms with van der Waals surface area (Å²) in [5.41, 5.74) is 4.71. The number of imidazole rings is 1. The second-order valence-corrected chi connectivity index (χ2v) is 5.86. The van der Waals surface area contributed by atoms with Crippen molar-refractivity contribution in [3.05, 3.63) is 91.5 Å². The molecule has 0 bridgehead atoms. The Bertz CT molecular complexity index is 1140. The first-order valence-corrected chi connectivity index (χ1v) is 7.99. The minimum absolute atomic E-state index is 1.11. The number of benzene rings is 3. The second kappa shape index (κ2) is 5.10. The fourth-order valence-electron chi connectivity index (χ4n) is 3.39. The van der Waals surface area contributed by atoms with Gasteiger partial charge in [-0.3, -0.25) is 0 Å². The maximum absolute atomic E-state index is 4.16. The molecule has 0 saturated carbocycles. The Morgan fingerprint density at radius 3 is 2.29 bits per heavy atom. The Balaban J connectivity index is 1.91. The highest BCUT2D eigenvalue weighted by Crippen LogP contribution is 2.33. The molecule has 114 valence electrons. The molecule has 2 aromatic heterocycles. The third-order valence-electron chi connectivity index (χ3n) is 4.47. The monoisotopic (exact) mass is 309 g/mol. The Hall–Kier alpha value is -3.33. The maximum Gasteiger partial charge on any atom is 0.0991 e. The molecule has 0 fully saturated rings. The van der Waals surface area contributed by atoms with Crippen molar-refractivity contribution >= 4 is 21.8 Å². The summed E-state index contributed by atoms with van der Waals surface area (Å²) in [6.45, 7) is 0. The standard InChI is InChI=1S/C21H15N3/c1-2-6-16(7-3-1)24-20-9-5-4-8-18(20)19-11-10-17(14-21(19)24)23-13-12-22-15-23/h1-15H. The highest BCUT2D eigenvalue weighted by molar-refractivity contribution is 6.09. The molecule has 0 spiro atoms. The summed E-state index contributed by atoms with van der Waals surface area (Å²) >= 11 is 0. The minimum Gasteiger partial charge on any atom is -0.309 e. The minimum atomic E-state index is 1.11. The van der Waals surface area contributed by atoms with Crippen molar-refractivity contribution in [3.63, 3.8) is 0 Å². The van der Waals surface area contributed by atoms with E-state index in [1.165, 1.54) is 27.5 Å². The van der Waals surface area contributed by atoms with E-state index >= 15 is 0 Å². The zero-order valence-electron chi connectivity index (χ0n) is 13.0. The quantitative estimate of drug-likeness (QED) is 0.451. The van der Waals surface area contributed by atoms with Crippen LogP contribution in [0.15, 0.2) is 91.5 Å². The Labute approximate surface area is 139 Å². The van der Waals surface area contributed by atoms with Crippen molar-refractivity contribution in [2.24, 2.45) is 0 Å². The van der Waals surface area contributed by atoms with Crippen LogP contribution in [0.4, 0.5) is 0 Å². The van der Waals surface area contributed by atoms with E-state index in [0.717, 1.165) is 5.69 Å². The molecule has 5 rings (SSSR count). The van der Waals surface area contributed by atoms with Crippen molar-refractivity contribution in [2.45, 2.75) is 0 Å². The van der Waals surface area contributed by atoms with E-state index < -0.39 is 0 Å². The molecule has 24 heavy (non-hydrogen) atoms. The molecule has 3 heteroatoms. The largest absolute Gasteiger partial charge is 0.309 e. The average molecular weight is 309 g/mol. The zero-order chi connectivity index (χ0) is 15.9. The first kappa shape index (κ1) is 13.1. The molecule has 5 aromatic rings. The molecule has 0 unspecified atom stereocenters. The van der Waals surface area contributed by atoms with Gasteiger partial charge in [0.05, 0.1) is 17.4 Å². The third kappa shape index (κ3) is 1.88. The molecule has 0 N–H and O–H groups in total. The molecular weight excluding hydrogens is 294 g/mol. The first-order chi connectivity index (χ1) is 11.9. The van der Waals surface area contributed by atoms with E-state index in [9.17, 15) is 0 Å². The van der Waals surface area contributed by atoms with Gasteiger partial charge in [0.2, 0.25) is 0 Å². The van der Waals surface area contributed by atoms with Crippen LogP contribution in [0.5, 0.6) is 0 Å². The van der Waals surface area contributed by atoms with E-state index in [1.54, 1.807) is 6.20 Å². The molecule has 0 aliphatic carbocycles. The van der Waals surface area contributed by atoms with Crippen molar-refractivity contribution in [2.75, 3.05) is 0 Å². The fourth-order valence-corrected chi connectivity index (χ4v) is 3.39. The molecule has 0 aliphatic rings. The molecular formula is C21H15N3. The average Bonchev–Trinajstić information content (AvgIpc) is 3.28. The number of hydrogen-bond acceptors (Lipinski definition) is 1. The van der Waals surface area contributed by atoms with Gasteiger partial charge >= 0.3 is 0 Å². The van der Waals surface area contributed by atoms with Gasteiger partial charge in [-0.1, -0.05) is 42.5 Å². The Kier molecular flexibility index (Phi) is 2.79. The summed E-state index contributed by atoms with van der Waals surface area (Å²) in [5, 5.41) is 2.53. The predicted octanol–water partition coefficient (Wildman–Crippen LogP) is 4.97. The van der Waals surface area contributed by atoms with Gasteiger partial charge in [0.15, 0.2) is 0 Å². The van der Waals surface area contributed by atoms with Gasteiger partial charge < -0.3 is 9.13 Å². The van der Waals surface area contributed by atoms with Gasteiger partial charge in [-0.05, 0) is 30.3 Å². The van der Waals surface area contributed by atoms with Crippen LogP contribution in [0.3, 0.4) is 0 Å². The lowest BCUT2D eigenvalue weighted by Gasteiger charge is -2.08. The van der Waals surface area contributed by atoms with Crippen molar-refractivity contribution in [1.82, 2.24) is 14.1 Å². The fraction of sp³-hybridized carbons (Fsp3) is 0. The summed E-state index contributed by atoms with van der Waals surface area (Å²) < 4.78 is 4.36. The lowest BCUT2D eigenvalue weighted by molar-refractivity contribution is 1.06. The van der Waals surface area contributed by atoms with Crippen molar-refractivity contribution in [1.29, 1.82) is 0 Å². The number of rotatable bonds is 2. The summed E-state index contributed by atoms with van der Waals surface area (Å²) in [6.07, 6.45) is 5.60. The first-order valence-electron chi connectivity index (χ1n) is 7.99. The molecule has 3 nitrogen and oxygen atoms in total. The van der Waals surface area contributed by atoms with Crippen LogP contribution in [0.2, 0.25) is 0 Å². The van der Waals surface area contributed by atoms with E-state index in [1.807, 2.05) is 23.2 Å². The molecule has 0 atom stereocenters. The molecule has 0 amide bonds. The zero-order valence-corrected chi connectivity index (χ0v) is 13.0. The maximum atomic E-state index is 4.16. The number of para-hydroxylation sites is 2. The molecule has 3 aromatic carbocycles. The normalized spacial score (nSPS) is 11.3. The van der Waals surface area contributed by atoms with Crippen LogP contribution in [0.1, 0.15) is 0 Å². The summed E-state index contributed by atoms with van der Waals surface area (Å²) in [5.74, 6) is 0. The van der Waals surface area contributed by atoms with Crippen LogP contribution in [-0.2, 0) is 0 Å². The summed E-state index contributed by atoms with van der Waals surface area (Å²) in [7, 11) is 0. The number of hydrogen-bond donors (Lipinski definition) is 0. The summed E-state index contributed by atoms with van der Waals surface area (Å²) in [4.78, 5) is 4.16. The second-order valence-electron chi connectivity index (χ2n) is 5.86. The van der Waals surface area contributed by atoms with Gasteiger partial charge in [-0.2, -0.15) is 0 Å². The predicted molar refractivity (Wildman–Crippen MR) is 97.9 cm³/mol. The lowest BCUT2D eigenvalue weighted by atomic mass is 10.1. The van der Waals surface area contributed by atoms with Crippen molar-refractivity contribution < 1.29 is 0 Å². The van der Waals surface area contributed by atoms with Gasteiger partial charge in [0.25, 0.3) is 0 Å². The van der Waals surface area contributed by atoms with E-state index in [4.69, 9.17) is 0 Å². The van der Waals surface area contributed by atoms with Gasteiger partial charge in [0.1, 0.15) is 0 Å². The van der Waals surface area contributed by atoms with Crippen LogP contribution < -0.4 is 0 Å². The number of aromatic nitrogens is 3. The van der Waals surface area contributed by atoms with E-state index in [-0.39, 0.29) is 0 Å². The van der Waals surface area contributed by atoms with E-state index in [2.05, 4.69) is 76.3 Å². The topological polar surface area (TPSA) is 22.8 Å². The van der Waals surface area contributed by atoms with Crippen LogP contribution in [0, 0.1) is 0 Å². The molecule has 0 aliphatic heterocycles. The third-order valence-corrected chi connectivity index (χ3v) is 4.47. The number of nitrogens with zero attached hydrogens (tertiary/aromatic N) is 3. The van der Waals surface area contributed by atoms with Gasteiger partial charge in [-0.15, -0.1) is 0 Å². The summed E-state index contributed by atoms with van der Waals surface area (Å²) in [6, 6.07) is 25.6. The van der Waals surface area contributed by atoms with Crippen LogP contribution >= 0.6 is 0 Å². The van der Waals surface area contributed by atoms with Crippen LogP contribution in [0.25, 0.3) is 33.2 Å². The van der Waals surface area contributed by atoms with E-state index in [0.29, 0.717) is 0 Å². The Morgan fingerprint density at radius 2 is 1.46 bits per heavy atom. The molecule has 0 saturated heterocycles. The van der Waals surface area contributed by atoms with Crippen LogP contribution in [-0.4, -0.2) is 14.1 Å². The lowest BCUT2D eigenvalue weighted by Crippen LogP contribution is -1.95. The highest BCUT2D eigenvalue weighted by Gasteiger charge is 2.12. The highest BCUT2D eigenvalue weighted by atomic mass is 15.0. The number of fused-ring (bicyclic) bond motifs is 3. The SMILES string of the molecule is c1ccc(-n2c3ccccc3c3ccc(-n4ccnc4)cc32)cc1. The molecule has 2 heterocycles. The molecule has 0 radical (unpaired) electrons. The Morgan fingerprint density at radius 1 is 0.667 bits per heavy atom.